The van der Waals surface area contributed by atoms with Crippen LogP contribution in [-0.4, -0.2) is 0 Å². The number of hydrogen-bond acceptors (Lipinski definition) is 0. The molecule has 70 valence electrons. The minimum absolute atomic E-state index is 0.586. The van der Waals surface area contributed by atoms with Crippen LogP contribution in [0, 0.1) is 12.3 Å². The van der Waals surface area contributed by atoms with Crippen LogP contribution >= 0.6 is 0 Å². The second kappa shape index (κ2) is 5.80. The zero-order valence-electron chi connectivity index (χ0n) is 8.59. The first-order chi connectivity index (χ1) is 6.33. The molecule has 0 heterocycles. The molecule has 0 aliphatic rings. The van der Waals surface area contributed by atoms with E-state index in [-0.39, 0.29) is 0 Å². The Labute approximate surface area is 82.0 Å². The third-order valence-corrected chi connectivity index (χ3v) is 2.18. The minimum Gasteiger partial charge on any atom is -0.0654 e. The molecule has 0 aliphatic carbocycles. The summed E-state index contributed by atoms with van der Waals surface area (Å²) in [6.45, 7) is 4.47. The quantitative estimate of drug-likeness (QED) is 0.634. The summed E-state index contributed by atoms with van der Waals surface area (Å²) >= 11 is 0. The van der Waals surface area contributed by atoms with E-state index in [4.69, 9.17) is 0 Å². The molecule has 0 bridgehead atoms. The van der Waals surface area contributed by atoms with Gasteiger partial charge in [0.25, 0.3) is 0 Å². The van der Waals surface area contributed by atoms with Gasteiger partial charge in [-0.2, -0.15) is 0 Å². The van der Waals surface area contributed by atoms with Crippen molar-refractivity contribution < 1.29 is 0 Å². The first-order valence-corrected chi connectivity index (χ1v) is 5.14. The molecule has 0 fully saturated rings. The Morgan fingerprint density at radius 1 is 1.23 bits per heavy atom. The van der Waals surface area contributed by atoms with Crippen LogP contribution in [0.25, 0.3) is 0 Å². The van der Waals surface area contributed by atoms with E-state index in [9.17, 15) is 0 Å². The van der Waals surface area contributed by atoms with Crippen LogP contribution in [0.5, 0.6) is 0 Å². The van der Waals surface area contributed by atoms with Crippen LogP contribution in [-0.2, 0) is 0 Å². The van der Waals surface area contributed by atoms with Gasteiger partial charge >= 0.3 is 0 Å². The van der Waals surface area contributed by atoms with E-state index in [1.54, 1.807) is 0 Å². The summed E-state index contributed by atoms with van der Waals surface area (Å²) in [5, 5.41) is 0. The standard InChI is InChI=1S/C13H18/c1-3-4-8-12(2)11-13-9-6-5-7-10-13/h5-7,9-10,12H,3-4,8H2,1-2H3. The Bertz CT molecular complexity index is 213. The summed E-state index contributed by atoms with van der Waals surface area (Å²) < 4.78 is 0. The van der Waals surface area contributed by atoms with Crippen LogP contribution in [0.2, 0.25) is 0 Å². The lowest BCUT2D eigenvalue weighted by Crippen LogP contribution is -1.96. The van der Waals surface area contributed by atoms with Crippen LogP contribution in [0.3, 0.4) is 0 Å². The van der Waals surface area contributed by atoms with E-state index >= 15 is 0 Å². The monoisotopic (exact) mass is 174 g/mol. The van der Waals surface area contributed by atoms with E-state index < -0.39 is 0 Å². The maximum Gasteiger partial charge on any atom is 0.0195 e. The van der Waals surface area contributed by atoms with Crippen LogP contribution in [0.4, 0.5) is 0 Å². The molecule has 0 saturated heterocycles. The van der Waals surface area contributed by atoms with Crippen molar-refractivity contribution in [2.75, 3.05) is 0 Å². The Kier molecular flexibility index (Phi) is 4.59. The highest BCUT2D eigenvalue weighted by molar-refractivity contribution is 5.22. The molecular weight excluding hydrogens is 156 g/mol. The lowest BCUT2D eigenvalue weighted by molar-refractivity contribution is 0.573. The topological polar surface area (TPSA) is 0 Å². The van der Waals surface area contributed by atoms with Crippen molar-refractivity contribution in [1.29, 1.82) is 0 Å². The zero-order chi connectivity index (χ0) is 9.52. The fraction of sp³-hybridized carbons (Fsp3) is 0.462. The highest BCUT2D eigenvalue weighted by Gasteiger charge is 2.02. The van der Waals surface area contributed by atoms with Crippen molar-refractivity contribution in [2.45, 2.75) is 33.1 Å². The summed E-state index contributed by atoms with van der Waals surface area (Å²) in [5.41, 5.74) is 1.23. The molecule has 13 heavy (non-hydrogen) atoms. The van der Waals surface area contributed by atoms with Crippen LogP contribution in [0.1, 0.15) is 38.7 Å². The van der Waals surface area contributed by atoms with Gasteiger partial charge in [0, 0.05) is 6.42 Å². The van der Waals surface area contributed by atoms with E-state index in [1.165, 1.54) is 24.8 Å². The maximum absolute atomic E-state index is 3.48. The predicted molar refractivity (Wildman–Crippen MR) is 57.5 cm³/mol. The van der Waals surface area contributed by atoms with Gasteiger partial charge in [-0.15, -0.1) is 0 Å². The third kappa shape index (κ3) is 4.12. The summed E-state index contributed by atoms with van der Waals surface area (Å²) in [5.74, 6) is 0.586. The first-order valence-electron chi connectivity index (χ1n) is 5.14. The fourth-order valence-electron chi connectivity index (χ4n) is 1.40. The Hall–Kier alpha value is -0.780. The highest BCUT2D eigenvalue weighted by Crippen LogP contribution is 2.16. The summed E-state index contributed by atoms with van der Waals surface area (Å²) in [7, 11) is 0. The van der Waals surface area contributed by atoms with Crippen molar-refractivity contribution in [1.82, 2.24) is 0 Å². The number of hydrogen-bond donors (Lipinski definition) is 0. The summed E-state index contributed by atoms with van der Waals surface area (Å²) in [6.07, 6.45) is 7.32. The lowest BCUT2D eigenvalue weighted by atomic mass is 9.96. The maximum atomic E-state index is 3.48. The van der Waals surface area contributed by atoms with Gasteiger partial charge in [-0.25, -0.2) is 0 Å². The molecule has 0 saturated carbocycles. The van der Waals surface area contributed by atoms with Gasteiger partial charge in [-0.05, 0) is 17.9 Å². The highest BCUT2D eigenvalue weighted by atomic mass is 14.1. The van der Waals surface area contributed by atoms with Crippen LogP contribution < -0.4 is 0 Å². The molecule has 1 atom stereocenters. The average molecular weight is 174 g/mol. The molecule has 0 heteroatoms. The second-order valence-electron chi connectivity index (χ2n) is 3.55. The first kappa shape index (κ1) is 10.3. The molecule has 1 aromatic rings. The molecule has 0 aliphatic heterocycles. The van der Waals surface area contributed by atoms with Crippen molar-refractivity contribution >= 4 is 0 Å². The number of benzene rings is 1. The number of rotatable bonds is 5. The largest absolute Gasteiger partial charge is 0.0654 e. The molecule has 0 nitrogen and oxygen atoms in total. The molecule has 0 aromatic heterocycles. The molecule has 0 N–H and O–H groups in total. The van der Waals surface area contributed by atoms with Gasteiger partial charge < -0.3 is 0 Å². The minimum atomic E-state index is 0.586. The molecule has 0 spiro atoms. The molecule has 0 amide bonds. The number of unbranched alkanes of at least 4 members (excludes halogenated alkanes) is 1. The molecule has 1 unspecified atom stereocenters. The Morgan fingerprint density at radius 3 is 2.54 bits per heavy atom. The van der Waals surface area contributed by atoms with Gasteiger partial charge in [0.1, 0.15) is 0 Å². The SMILES string of the molecule is CCCCC(C)[C]c1ccccc1. The third-order valence-electron chi connectivity index (χ3n) is 2.18. The van der Waals surface area contributed by atoms with Gasteiger partial charge in [-0.1, -0.05) is 57.0 Å². The second-order valence-corrected chi connectivity index (χ2v) is 3.55. The summed E-state index contributed by atoms with van der Waals surface area (Å²) in [4.78, 5) is 0. The van der Waals surface area contributed by atoms with Crippen molar-refractivity contribution in [3.05, 3.63) is 42.3 Å². The average Bonchev–Trinajstić information content (AvgIpc) is 2.16. The predicted octanol–water partition coefficient (Wildman–Crippen LogP) is 3.94. The Balaban J connectivity index is 2.32. The van der Waals surface area contributed by atoms with E-state index in [0.717, 1.165) is 0 Å². The van der Waals surface area contributed by atoms with Crippen LogP contribution in [0.15, 0.2) is 30.3 Å². The van der Waals surface area contributed by atoms with E-state index in [1.807, 2.05) is 6.07 Å². The Morgan fingerprint density at radius 2 is 1.92 bits per heavy atom. The zero-order valence-corrected chi connectivity index (χ0v) is 8.59. The smallest absolute Gasteiger partial charge is 0.0195 e. The van der Waals surface area contributed by atoms with Gasteiger partial charge in [-0.3, -0.25) is 0 Å². The molecule has 2 radical (unpaired) electrons. The van der Waals surface area contributed by atoms with Gasteiger partial charge in [0.05, 0.1) is 0 Å². The molecular formula is C13H18. The fourth-order valence-corrected chi connectivity index (χ4v) is 1.40. The molecule has 1 aromatic carbocycles. The van der Waals surface area contributed by atoms with Crippen molar-refractivity contribution in [3.8, 4) is 0 Å². The van der Waals surface area contributed by atoms with Gasteiger partial charge in [0.15, 0.2) is 0 Å². The van der Waals surface area contributed by atoms with E-state index in [0.29, 0.717) is 5.92 Å². The van der Waals surface area contributed by atoms with Crippen molar-refractivity contribution in [3.63, 3.8) is 0 Å². The lowest BCUT2D eigenvalue weighted by Gasteiger charge is -2.08. The molecule has 1 rings (SSSR count). The van der Waals surface area contributed by atoms with E-state index in [2.05, 4.69) is 44.5 Å². The van der Waals surface area contributed by atoms with Gasteiger partial charge in [0.2, 0.25) is 0 Å². The van der Waals surface area contributed by atoms with Crippen molar-refractivity contribution in [2.24, 2.45) is 5.92 Å². The normalized spacial score (nSPS) is 12.8. The summed E-state index contributed by atoms with van der Waals surface area (Å²) in [6, 6.07) is 10.4.